The van der Waals surface area contributed by atoms with E-state index in [1.165, 1.54) is 17.4 Å². The highest BCUT2D eigenvalue weighted by molar-refractivity contribution is 7.14. The van der Waals surface area contributed by atoms with Crippen molar-refractivity contribution in [3.8, 4) is 0 Å². The van der Waals surface area contributed by atoms with Gasteiger partial charge in [0.05, 0.1) is 12.2 Å². The Balaban J connectivity index is 1.90. The van der Waals surface area contributed by atoms with Gasteiger partial charge in [-0.05, 0) is 11.4 Å². The molecule has 0 atom stereocenters. The number of urea groups is 1. The van der Waals surface area contributed by atoms with E-state index < -0.39 is 5.97 Å². The van der Waals surface area contributed by atoms with Crippen LogP contribution in [0.25, 0.3) is 0 Å². The molecule has 1 aliphatic heterocycles. The van der Waals surface area contributed by atoms with Gasteiger partial charge in [0, 0.05) is 32.7 Å². The Hall–Kier alpha value is -1.64. The molecule has 8 heteroatoms. The van der Waals surface area contributed by atoms with E-state index in [-0.39, 0.29) is 18.2 Å². The first-order valence-electron chi connectivity index (χ1n) is 6.31. The van der Waals surface area contributed by atoms with Gasteiger partial charge in [0.1, 0.15) is 5.00 Å². The molecule has 7 nitrogen and oxygen atoms in total. The number of carbonyl (C=O) groups excluding carboxylic acids is 1. The lowest BCUT2D eigenvalue weighted by molar-refractivity contribution is 0.0698. The van der Waals surface area contributed by atoms with Crippen LogP contribution in [0, 0.1) is 0 Å². The molecular formula is C12H17N3O4S. The second-order valence-electron chi connectivity index (χ2n) is 4.45. The Labute approximate surface area is 120 Å². The molecule has 110 valence electrons. The van der Waals surface area contributed by atoms with Crippen molar-refractivity contribution in [3.63, 3.8) is 0 Å². The third-order valence-corrected chi connectivity index (χ3v) is 4.02. The monoisotopic (exact) mass is 299 g/mol. The van der Waals surface area contributed by atoms with Crippen molar-refractivity contribution in [1.82, 2.24) is 9.80 Å². The third-order valence-electron chi connectivity index (χ3n) is 3.19. The van der Waals surface area contributed by atoms with Gasteiger partial charge in [0.25, 0.3) is 0 Å². The first-order valence-corrected chi connectivity index (χ1v) is 7.19. The number of aromatic carboxylic acids is 1. The van der Waals surface area contributed by atoms with Crippen molar-refractivity contribution in [2.24, 2.45) is 0 Å². The maximum absolute atomic E-state index is 12.1. The number of hydrogen-bond donors (Lipinski definition) is 3. The van der Waals surface area contributed by atoms with Crippen molar-refractivity contribution < 1.29 is 19.8 Å². The minimum absolute atomic E-state index is 0.113. The van der Waals surface area contributed by atoms with Gasteiger partial charge in [-0.3, -0.25) is 10.2 Å². The van der Waals surface area contributed by atoms with Gasteiger partial charge in [0.15, 0.2) is 0 Å². The summed E-state index contributed by atoms with van der Waals surface area (Å²) < 4.78 is 0. The molecular weight excluding hydrogens is 282 g/mol. The van der Waals surface area contributed by atoms with Crippen LogP contribution in [0.1, 0.15) is 10.4 Å². The molecule has 1 aliphatic rings. The highest BCUT2D eigenvalue weighted by Crippen LogP contribution is 2.23. The summed E-state index contributed by atoms with van der Waals surface area (Å²) in [5.41, 5.74) is 0.113. The van der Waals surface area contributed by atoms with Crippen molar-refractivity contribution in [3.05, 3.63) is 17.0 Å². The van der Waals surface area contributed by atoms with Crippen LogP contribution in [0.2, 0.25) is 0 Å². The molecule has 1 aromatic rings. The number of amides is 2. The Bertz CT molecular complexity index is 483. The number of carboxylic acids is 1. The average molecular weight is 299 g/mol. The van der Waals surface area contributed by atoms with Gasteiger partial charge >= 0.3 is 12.0 Å². The molecule has 0 spiro atoms. The van der Waals surface area contributed by atoms with E-state index in [2.05, 4.69) is 10.2 Å². The van der Waals surface area contributed by atoms with Crippen LogP contribution < -0.4 is 5.32 Å². The molecule has 1 aromatic heterocycles. The van der Waals surface area contributed by atoms with Gasteiger partial charge in [-0.25, -0.2) is 9.59 Å². The predicted molar refractivity (Wildman–Crippen MR) is 75.4 cm³/mol. The normalized spacial score (nSPS) is 16.1. The average Bonchev–Trinajstić information content (AvgIpc) is 2.88. The Morgan fingerprint density at radius 3 is 2.60 bits per heavy atom. The van der Waals surface area contributed by atoms with Crippen LogP contribution in [0.3, 0.4) is 0 Å². The number of rotatable bonds is 4. The number of hydrogen-bond acceptors (Lipinski definition) is 5. The second-order valence-corrected chi connectivity index (χ2v) is 5.37. The number of aliphatic hydroxyl groups excluding tert-OH is 1. The van der Waals surface area contributed by atoms with Crippen LogP contribution in [-0.4, -0.2) is 71.3 Å². The number of β-amino-alcohol motifs (C(OH)–C–C–N with tert-alkyl or cyclic N) is 1. The van der Waals surface area contributed by atoms with E-state index in [4.69, 9.17) is 10.2 Å². The molecule has 20 heavy (non-hydrogen) atoms. The fraction of sp³-hybridized carbons (Fsp3) is 0.500. The maximum atomic E-state index is 12.1. The lowest BCUT2D eigenvalue weighted by Gasteiger charge is -2.34. The van der Waals surface area contributed by atoms with Gasteiger partial charge in [-0.2, -0.15) is 0 Å². The van der Waals surface area contributed by atoms with Gasteiger partial charge in [-0.1, -0.05) is 0 Å². The van der Waals surface area contributed by atoms with E-state index in [1.54, 1.807) is 10.3 Å². The van der Waals surface area contributed by atoms with Crippen molar-refractivity contribution >= 4 is 28.3 Å². The van der Waals surface area contributed by atoms with E-state index in [9.17, 15) is 9.59 Å². The van der Waals surface area contributed by atoms with Gasteiger partial charge < -0.3 is 15.1 Å². The number of thiophene rings is 1. The molecule has 1 fully saturated rings. The zero-order chi connectivity index (χ0) is 14.5. The van der Waals surface area contributed by atoms with Crippen LogP contribution in [0.4, 0.5) is 9.80 Å². The molecule has 0 radical (unpaired) electrons. The fourth-order valence-electron chi connectivity index (χ4n) is 2.07. The summed E-state index contributed by atoms with van der Waals surface area (Å²) in [7, 11) is 0. The van der Waals surface area contributed by atoms with Crippen LogP contribution in [0.15, 0.2) is 11.4 Å². The summed E-state index contributed by atoms with van der Waals surface area (Å²) in [5, 5.41) is 22.5. The standard InChI is InChI=1S/C12H17N3O4S/c16-7-6-14-2-4-15(5-3-14)12(19)13-10-9(11(17)18)1-8-20-10/h1,8,16H,2-7H2,(H,13,19)(H,17,18). The summed E-state index contributed by atoms with van der Waals surface area (Å²) in [6.45, 7) is 3.29. The van der Waals surface area contributed by atoms with Crippen molar-refractivity contribution in [1.29, 1.82) is 0 Å². The van der Waals surface area contributed by atoms with E-state index >= 15 is 0 Å². The minimum Gasteiger partial charge on any atom is -0.478 e. The van der Waals surface area contributed by atoms with E-state index in [0.29, 0.717) is 37.7 Å². The number of carboxylic acid groups (broad SMARTS) is 1. The molecule has 0 aromatic carbocycles. The molecule has 0 bridgehead atoms. The van der Waals surface area contributed by atoms with Crippen molar-refractivity contribution in [2.75, 3.05) is 44.6 Å². The largest absolute Gasteiger partial charge is 0.478 e. The van der Waals surface area contributed by atoms with E-state index in [1.807, 2.05) is 0 Å². The highest BCUT2D eigenvalue weighted by Gasteiger charge is 2.22. The molecule has 2 rings (SSSR count). The molecule has 2 heterocycles. The van der Waals surface area contributed by atoms with Crippen LogP contribution >= 0.6 is 11.3 Å². The first kappa shape index (κ1) is 14.8. The highest BCUT2D eigenvalue weighted by atomic mass is 32.1. The second kappa shape index (κ2) is 6.69. The summed E-state index contributed by atoms with van der Waals surface area (Å²) in [4.78, 5) is 26.8. The summed E-state index contributed by atoms with van der Waals surface area (Å²) in [6, 6.07) is 1.19. The van der Waals surface area contributed by atoms with Gasteiger partial charge in [0.2, 0.25) is 0 Å². The number of nitrogens with one attached hydrogen (secondary N) is 1. The Kier molecular flexibility index (Phi) is 4.94. The fourth-order valence-corrected chi connectivity index (χ4v) is 2.84. The molecule has 0 unspecified atom stereocenters. The molecule has 0 aliphatic carbocycles. The first-order chi connectivity index (χ1) is 9.61. The number of aliphatic hydroxyl groups is 1. The predicted octanol–water partition coefficient (Wildman–Crippen LogP) is 0.588. The quantitative estimate of drug-likeness (QED) is 0.756. The Morgan fingerprint density at radius 2 is 2.00 bits per heavy atom. The minimum atomic E-state index is -1.05. The van der Waals surface area contributed by atoms with Crippen LogP contribution in [0.5, 0.6) is 0 Å². The number of piperazine rings is 1. The van der Waals surface area contributed by atoms with Crippen molar-refractivity contribution in [2.45, 2.75) is 0 Å². The smallest absolute Gasteiger partial charge is 0.338 e. The van der Waals surface area contributed by atoms with E-state index in [0.717, 1.165) is 0 Å². The molecule has 2 amide bonds. The van der Waals surface area contributed by atoms with Crippen LogP contribution in [-0.2, 0) is 0 Å². The zero-order valence-electron chi connectivity index (χ0n) is 10.9. The maximum Gasteiger partial charge on any atom is 0.338 e. The molecule has 3 N–H and O–H groups in total. The number of anilines is 1. The zero-order valence-corrected chi connectivity index (χ0v) is 11.7. The number of nitrogens with zero attached hydrogens (tertiary/aromatic N) is 2. The third kappa shape index (κ3) is 3.47. The molecule has 0 saturated carbocycles. The topological polar surface area (TPSA) is 93.1 Å². The SMILES string of the molecule is O=C(O)c1ccsc1NC(=O)N1CCN(CCO)CC1. The lowest BCUT2D eigenvalue weighted by atomic mass is 10.3. The lowest BCUT2D eigenvalue weighted by Crippen LogP contribution is -2.50. The molecule has 1 saturated heterocycles. The van der Waals surface area contributed by atoms with Gasteiger partial charge in [-0.15, -0.1) is 11.3 Å². The summed E-state index contributed by atoms with van der Waals surface area (Å²) >= 11 is 1.20. The summed E-state index contributed by atoms with van der Waals surface area (Å²) in [5.74, 6) is -1.05. The Morgan fingerprint density at radius 1 is 1.30 bits per heavy atom. The number of carbonyl (C=O) groups is 2. The summed E-state index contributed by atoms with van der Waals surface area (Å²) in [6.07, 6.45) is 0.